The van der Waals surface area contributed by atoms with E-state index in [0.717, 1.165) is 6.42 Å². The lowest BCUT2D eigenvalue weighted by Crippen LogP contribution is -2.22. The Hall–Kier alpha value is -1.16. The molecule has 1 heterocycles. The number of nitrogens with one attached hydrogen (secondary N) is 1. The van der Waals surface area contributed by atoms with Crippen molar-refractivity contribution in [3.63, 3.8) is 0 Å². The third kappa shape index (κ3) is 3.77. The molecule has 0 atom stereocenters. The zero-order chi connectivity index (χ0) is 12.0. The quantitative estimate of drug-likeness (QED) is 0.809. The van der Waals surface area contributed by atoms with Gasteiger partial charge in [-0.15, -0.1) is 0 Å². The van der Waals surface area contributed by atoms with Gasteiger partial charge in [-0.2, -0.15) is 0 Å². The third-order valence-corrected chi connectivity index (χ3v) is 2.08. The Labute approximate surface area is 96.0 Å². The average Bonchev–Trinajstić information content (AvgIpc) is 2.26. The van der Waals surface area contributed by atoms with Gasteiger partial charge in [-0.1, -0.05) is 20.8 Å². The molecule has 0 aliphatic rings. The van der Waals surface area contributed by atoms with Crippen molar-refractivity contribution in [1.82, 2.24) is 10.3 Å². The molecule has 0 saturated heterocycles. The lowest BCUT2D eigenvalue weighted by Gasteiger charge is -2.11. The van der Waals surface area contributed by atoms with E-state index in [9.17, 15) is 4.39 Å². The van der Waals surface area contributed by atoms with Crippen LogP contribution in [0.2, 0.25) is 0 Å². The summed E-state index contributed by atoms with van der Waals surface area (Å²) in [7, 11) is 0. The van der Waals surface area contributed by atoms with Gasteiger partial charge in [0.15, 0.2) is 5.82 Å². The number of ether oxygens (including phenoxy) is 1. The van der Waals surface area contributed by atoms with Gasteiger partial charge in [-0.25, -0.2) is 9.37 Å². The Bertz CT molecular complexity index is 329. The van der Waals surface area contributed by atoms with Crippen LogP contribution in [0, 0.1) is 5.82 Å². The number of rotatable bonds is 6. The molecule has 16 heavy (non-hydrogen) atoms. The van der Waals surface area contributed by atoms with E-state index in [4.69, 9.17) is 4.74 Å². The first-order valence-electron chi connectivity index (χ1n) is 5.64. The summed E-state index contributed by atoms with van der Waals surface area (Å²) in [5, 5.41) is 3.16. The number of halogens is 1. The molecule has 0 amide bonds. The minimum atomic E-state index is -0.357. The Morgan fingerprint density at radius 2 is 2.25 bits per heavy atom. The van der Waals surface area contributed by atoms with Crippen LogP contribution in [0.15, 0.2) is 12.3 Å². The molecule has 0 unspecified atom stereocenters. The molecule has 3 nitrogen and oxygen atoms in total. The standard InChI is InChI=1S/C12H19FN2O/c1-4-7-16-12-11(13)10(5-6-14-12)8-15-9(2)3/h5-6,9,15H,4,7-8H2,1-3H3. The average molecular weight is 226 g/mol. The summed E-state index contributed by atoms with van der Waals surface area (Å²) in [5.74, 6) is -0.256. The van der Waals surface area contributed by atoms with E-state index < -0.39 is 0 Å². The van der Waals surface area contributed by atoms with Crippen LogP contribution in [0.3, 0.4) is 0 Å². The molecule has 1 aromatic rings. The van der Waals surface area contributed by atoms with E-state index in [1.165, 1.54) is 0 Å². The Morgan fingerprint density at radius 3 is 2.88 bits per heavy atom. The highest BCUT2D eigenvalue weighted by Crippen LogP contribution is 2.17. The maximum absolute atomic E-state index is 13.8. The van der Waals surface area contributed by atoms with Crippen molar-refractivity contribution in [1.29, 1.82) is 0 Å². The number of nitrogens with zero attached hydrogens (tertiary/aromatic N) is 1. The minimum absolute atomic E-state index is 0.102. The van der Waals surface area contributed by atoms with Crippen LogP contribution in [0.4, 0.5) is 4.39 Å². The van der Waals surface area contributed by atoms with Crippen LogP contribution < -0.4 is 10.1 Å². The van der Waals surface area contributed by atoms with Crippen LogP contribution in [-0.2, 0) is 6.54 Å². The first kappa shape index (κ1) is 12.9. The molecule has 0 aliphatic carbocycles. The highest BCUT2D eigenvalue weighted by Gasteiger charge is 2.10. The lowest BCUT2D eigenvalue weighted by molar-refractivity contribution is 0.286. The van der Waals surface area contributed by atoms with Crippen molar-refractivity contribution in [3.8, 4) is 5.88 Å². The van der Waals surface area contributed by atoms with Crippen molar-refractivity contribution in [3.05, 3.63) is 23.6 Å². The highest BCUT2D eigenvalue weighted by atomic mass is 19.1. The zero-order valence-electron chi connectivity index (χ0n) is 10.1. The lowest BCUT2D eigenvalue weighted by atomic mass is 10.2. The monoisotopic (exact) mass is 226 g/mol. The summed E-state index contributed by atoms with van der Waals surface area (Å²) in [4.78, 5) is 3.88. The van der Waals surface area contributed by atoms with Crippen molar-refractivity contribution >= 4 is 0 Å². The molecular weight excluding hydrogens is 207 g/mol. The van der Waals surface area contributed by atoms with E-state index in [-0.39, 0.29) is 11.7 Å². The molecule has 1 N–H and O–H groups in total. The van der Waals surface area contributed by atoms with Gasteiger partial charge < -0.3 is 10.1 Å². The summed E-state index contributed by atoms with van der Waals surface area (Å²) in [6, 6.07) is 2.00. The molecule has 0 saturated carbocycles. The van der Waals surface area contributed by atoms with Gasteiger partial charge in [-0.3, -0.25) is 0 Å². The second-order valence-electron chi connectivity index (χ2n) is 3.97. The molecule has 0 spiro atoms. The fraction of sp³-hybridized carbons (Fsp3) is 0.583. The van der Waals surface area contributed by atoms with Gasteiger partial charge in [0.2, 0.25) is 0 Å². The Morgan fingerprint density at radius 1 is 1.50 bits per heavy atom. The molecule has 0 aromatic carbocycles. The van der Waals surface area contributed by atoms with Crippen molar-refractivity contribution < 1.29 is 9.13 Å². The van der Waals surface area contributed by atoms with Crippen molar-refractivity contribution in [2.75, 3.05) is 6.61 Å². The van der Waals surface area contributed by atoms with Gasteiger partial charge in [0, 0.05) is 24.3 Å². The largest absolute Gasteiger partial charge is 0.476 e. The molecule has 0 fully saturated rings. The third-order valence-electron chi connectivity index (χ3n) is 2.08. The summed E-state index contributed by atoms with van der Waals surface area (Å²) in [5.41, 5.74) is 0.592. The normalized spacial score (nSPS) is 10.8. The molecule has 4 heteroatoms. The fourth-order valence-corrected chi connectivity index (χ4v) is 1.21. The van der Waals surface area contributed by atoms with Crippen LogP contribution >= 0.6 is 0 Å². The molecular formula is C12H19FN2O. The van der Waals surface area contributed by atoms with Crippen LogP contribution in [0.5, 0.6) is 5.88 Å². The summed E-state index contributed by atoms with van der Waals surface area (Å²) < 4.78 is 19.0. The smallest absolute Gasteiger partial charge is 0.250 e. The summed E-state index contributed by atoms with van der Waals surface area (Å²) >= 11 is 0. The second-order valence-corrected chi connectivity index (χ2v) is 3.97. The van der Waals surface area contributed by atoms with Gasteiger partial charge in [0.05, 0.1) is 6.61 Å². The zero-order valence-corrected chi connectivity index (χ0v) is 10.1. The number of hydrogen-bond donors (Lipinski definition) is 1. The van der Waals surface area contributed by atoms with Gasteiger partial charge in [0.1, 0.15) is 0 Å². The maximum Gasteiger partial charge on any atom is 0.250 e. The molecule has 90 valence electrons. The SMILES string of the molecule is CCCOc1nccc(CNC(C)C)c1F. The number of hydrogen-bond acceptors (Lipinski definition) is 3. The molecule has 0 radical (unpaired) electrons. The fourth-order valence-electron chi connectivity index (χ4n) is 1.21. The van der Waals surface area contributed by atoms with Gasteiger partial charge in [0.25, 0.3) is 5.88 Å². The maximum atomic E-state index is 13.8. The van der Waals surface area contributed by atoms with Crippen molar-refractivity contribution in [2.24, 2.45) is 0 Å². The van der Waals surface area contributed by atoms with Gasteiger partial charge >= 0.3 is 0 Å². The topological polar surface area (TPSA) is 34.1 Å². The number of pyridine rings is 1. The molecule has 1 rings (SSSR count). The van der Waals surface area contributed by atoms with Crippen LogP contribution in [-0.4, -0.2) is 17.6 Å². The van der Waals surface area contributed by atoms with E-state index in [1.807, 2.05) is 20.8 Å². The van der Waals surface area contributed by atoms with Gasteiger partial charge in [-0.05, 0) is 12.5 Å². The minimum Gasteiger partial charge on any atom is -0.476 e. The summed E-state index contributed by atoms with van der Waals surface area (Å²) in [6.45, 7) is 7.00. The van der Waals surface area contributed by atoms with E-state index in [0.29, 0.717) is 24.8 Å². The molecule has 1 aromatic heterocycles. The predicted octanol–water partition coefficient (Wildman–Crippen LogP) is 2.51. The molecule has 0 aliphatic heterocycles. The highest BCUT2D eigenvalue weighted by molar-refractivity contribution is 5.23. The molecule has 0 bridgehead atoms. The van der Waals surface area contributed by atoms with E-state index in [1.54, 1.807) is 12.3 Å². The Kier molecular flexibility index (Phi) is 5.19. The van der Waals surface area contributed by atoms with E-state index in [2.05, 4.69) is 10.3 Å². The number of aromatic nitrogens is 1. The first-order chi connectivity index (χ1) is 7.65. The van der Waals surface area contributed by atoms with Crippen LogP contribution in [0.25, 0.3) is 0 Å². The Balaban J connectivity index is 2.70. The predicted molar refractivity (Wildman–Crippen MR) is 62.0 cm³/mol. The first-order valence-corrected chi connectivity index (χ1v) is 5.64. The second kappa shape index (κ2) is 6.43. The van der Waals surface area contributed by atoms with Crippen molar-refractivity contribution in [2.45, 2.75) is 39.8 Å². The van der Waals surface area contributed by atoms with E-state index >= 15 is 0 Å². The van der Waals surface area contributed by atoms with Crippen LogP contribution in [0.1, 0.15) is 32.8 Å². The summed E-state index contributed by atoms with van der Waals surface area (Å²) in [6.07, 6.45) is 2.42.